The fraction of sp³-hybridized carbons (Fsp3) is 0.385. The smallest absolute Gasteiger partial charge is 0.338 e. The van der Waals surface area contributed by atoms with E-state index in [2.05, 4.69) is 17.2 Å². The fourth-order valence-corrected chi connectivity index (χ4v) is 1.62. The monoisotopic (exact) mass is 232 g/mol. The van der Waals surface area contributed by atoms with Gasteiger partial charge in [0, 0.05) is 17.5 Å². The van der Waals surface area contributed by atoms with E-state index >= 15 is 0 Å². The molecule has 0 unspecified atom stereocenters. The van der Waals surface area contributed by atoms with Crippen molar-refractivity contribution in [3.05, 3.63) is 29.3 Å². The van der Waals surface area contributed by atoms with E-state index in [1.165, 1.54) is 0 Å². The summed E-state index contributed by atoms with van der Waals surface area (Å²) in [6.45, 7) is 3.14. The molecule has 0 aliphatic carbocycles. The number of nitrogens with zero attached hydrogens (tertiary/aromatic N) is 1. The van der Waals surface area contributed by atoms with E-state index in [-0.39, 0.29) is 5.97 Å². The summed E-state index contributed by atoms with van der Waals surface area (Å²) in [6.07, 6.45) is 3.70. The highest BCUT2D eigenvalue weighted by Gasteiger charge is 2.11. The van der Waals surface area contributed by atoms with Gasteiger partial charge in [-0.2, -0.15) is 0 Å². The summed E-state index contributed by atoms with van der Waals surface area (Å²) in [5.41, 5.74) is 2.52. The van der Waals surface area contributed by atoms with Crippen molar-refractivity contribution in [3.63, 3.8) is 0 Å². The van der Waals surface area contributed by atoms with Crippen LogP contribution >= 0.6 is 0 Å². The standard InChI is InChI=1S/C13H16N2O2/c1-2-3-6-17-13(16)10-4-5-12-11(7-10)8-14-9-15-12/h4-5,7-8,15H,2-3,6,9H2,1H3. The number of unbranched alkanes of at least 4 members (excludes halogenated alkanes) is 1. The number of ether oxygens (including phenoxy) is 1. The van der Waals surface area contributed by atoms with Crippen molar-refractivity contribution >= 4 is 17.9 Å². The van der Waals surface area contributed by atoms with Crippen LogP contribution in [0.1, 0.15) is 35.7 Å². The molecule has 1 aromatic rings. The molecule has 17 heavy (non-hydrogen) atoms. The molecule has 2 rings (SSSR count). The van der Waals surface area contributed by atoms with E-state index in [0.29, 0.717) is 18.8 Å². The number of hydrogen-bond donors (Lipinski definition) is 1. The lowest BCUT2D eigenvalue weighted by Crippen LogP contribution is -2.11. The van der Waals surface area contributed by atoms with E-state index in [1.54, 1.807) is 18.3 Å². The van der Waals surface area contributed by atoms with E-state index in [1.807, 2.05) is 6.07 Å². The quantitative estimate of drug-likeness (QED) is 0.640. The lowest BCUT2D eigenvalue weighted by molar-refractivity contribution is 0.0500. The molecule has 0 radical (unpaired) electrons. The second-order valence-electron chi connectivity index (χ2n) is 3.94. The SMILES string of the molecule is CCCCOC(=O)c1ccc2c(c1)C=NCN2. The van der Waals surface area contributed by atoms with Crippen LogP contribution in [0.4, 0.5) is 5.69 Å². The number of nitrogens with one attached hydrogen (secondary N) is 1. The Morgan fingerprint density at radius 2 is 2.41 bits per heavy atom. The van der Waals surface area contributed by atoms with Crippen LogP contribution in [0.3, 0.4) is 0 Å². The second kappa shape index (κ2) is 5.48. The molecular weight excluding hydrogens is 216 g/mol. The minimum atomic E-state index is -0.264. The third kappa shape index (κ3) is 2.84. The Balaban J connectivity index is 2.07. The average molecular weight is 232 g/mol. The van der Waals surface area contributed by atoms with Crippen molar-refractivity contribution in [3.8, 4) is 0 Å². The zero-order chi connectivity index (χ0) is 12.1. The van der Waals surface area contributed by atoms with Crippen molar-refractivity contribution in [2.45, 2.75) is 19.8 Å². The number of carbonyl (C=O) groups excluding carboxylic acids is 1. The predicted molar refractivity (Wildman–Crippen MR) is 67.7 cm³/mol. The molecule has 0 spiro atoms. The molecule has 4 nitrogen and oxygen atoms in total. The highest BCUT2D eigenvalue weighted by Crippen LogP contribution is 2.18. The van der Waals surface area contributed by atoms with Gasteiger partial charge in [-0.3, -0.25) is 4.99 Å². The highest BCUT2D eigenvalue weighted by atomic mass is 16.5. The van der Waals surface area contributed by atoms with Crippen LogP contribution in [-0.2, 0) is 4.74 Å². The van der Waals surface area contributed by atoms with Gasteiger partial charge in [-0.1, -0.05) is 13.3 Å². The Labute approximate surface area is 101 Å². The van der Waals surface area contributed by atoms with Crippen molar-refractivity contribution < 1.29 is 9.53 Å². The van der Waals surface area contributed by atoms with Gasteiger partial charge in [0.25, 0.3) is 0 Å². The zero-order valence-corrected chi connectivity index (χ0v) is 9.90. The summed E-state index contributed by atoms with van der Waals surface area (Å²) in [4.78, 5) is 15.8. The molecule has 0 saturated carbocycles. The number of benzene rings is 1. The summed E-state index contributed by atoms with van der Waals surface area (Å²) < 4.78 is 5.16. The third-order valence-electron chi connectivity index (χ3n) is 2.61. The molecule has 0 fully saturated rings. The van der Waals surface area contributed by atoms with Crippen LogP contribution < -0.4 is 5.32 Å². The number of fused-ring (bicyclic) bond motifs is 1. The Morgan fingerprint density at radius 1 is 1.53 bits per heavy atom. The van der Waals surface area contributed by atoms with Gasteiger partial charge in [0.1, 0.15) is 6.67 Å². The van der Waals surface area contributed by atoms with Gasteiger partial charge in [0.05, 0.1) is 12.2 Å². The number of aliphatic imine (C=N–C) groups is 1. The maximum atomic E-state index is 11.7. The average Bonchev–Trinajstić information content (AvgIpc) is 2.38. The van der Waals surface area contributed by atoms with Crippen LogP contribution in [0.2, 0.25) is 0 Å². The largest absolute Gasteiger partial charge is 0.462 e. The van der Waals surface area contributed by atoms with Gasteiger partial charge in [0.2, 0.25) is 0 Å². The van der Waals surface area contributed by atoms with Crippen LogP contribution in [0.5, 0.6) is 0 Å². The van der Waals surface area contributed by atoms with Crippen molar-refractivity contribution in [1.29, 1.82) is 0 Å². The Morgan fingerprint density at radius 3 is 3.24 bits per heavy atom. The molecule has 0 saturated heterocycles. The maximum Gasteiger partial charge on any atom is 0.338 e. The summed E-state index contributed by atoms with van der Waals surface area (Å²) in [5.74, 6) is -0.264. The molecule has 1 aliphatic rings. The Hall–Kier alpha value is -1.84. The first-order chi connectivity index (χ1) is 8.31. The molecule has 0 atom stereocenters. The maximum absolute atomic E-state index is 11.7. The number of hydrogen-bond acceptors (Lipinski definition) is 4. The van der Waals surface area contributed by atoms with Gasteiger partial charge in [-0.15, -0.1) is 0 Å². The predicted octanol–water partition coefficient (Wildman–Crippen LogP) is 2.45. The molecule has 1 heterocycles. The lowest BCUT2D eigenvalue weighted by Gasteiger charge is -2.13. The van der Waals surface area contributed by atoms with Crippen molar-refractivity contribution in [2.24, 2.45) is 4.99 Å². The van der Waals surface area contributed by atoms with Crippen molar-refractivity contribution in [2.75, 3.05) is 18.6 Å². The van der Waals surface area contributed by atoms with E-state index in [9.17, 15) is 4.79 Å². The van der Waals surface area contributed by atoms with Gasteiger partial charge in [-0.25, -0.2) is 4.79 Å². The first kappa shape index (κ1) is 11.6. The number of carbonyl (C=O) groups is 1. The molecule has 0 amide bonds. The molecular formula is C13H16N2O2. The van der Waals surface area contributed by atoms with Crippen LogP contribution in [0.15, 0.2) is 23.2 Å². The second-order valence-corrected chi connectivity index (χ2v) is 3.94. The minimum absolute atomic E-state index is 0.264. The Kier molecular flexibility index (Phi) is 3.75. The lowest BCUT2D eigenvalue weighted by atomic mass is 10.1. The van der Waals surface area contributed by atoms with Gasteiger partial charge in [-0.05, 0) is 24.6 Å². The molecule has 4 heteroatoms. The molecule has 0 bridgehead atoms. The normalized spacial score (nSPS) is 12.8. The summed E-state index contributed by atoms with van der Waals surface area (Å²) >= 11 is 0. The molecule has 0 aromatic heterocycles. The first-order valence-electron chi connectivity index (χ1n) is 5.86. The van der Waals surface area contributed by atoms with Gasteiger partial charge < -0.3 is 10.1 Å². The number of anilines is 1. The number of rotatable bonds is 4. The summed E-state index contributed by atoms with van der Waals surface area (Å²) in [5, 5.41) is 3.13. The minimum Gasteiger partial charge on any atom is -0.462 e. The highest BCUT2D eigenvalue weighted by molar-refractivity contribution is 5.96. The van der Waals surface area contributed by atoms with E-state index in [4.69, 9.17) is 4.74 Å². The molecule has 1 aliphatic heterocycles. The zero-order valence-electron chi connectivity index (χ0n) is 9.90. The summed E-state index contributed by atoms with van der Waals surface area (Å²) in [6, 6.07) is 5.47. The molecule has 90 valence electrons. The van der Waals surface area contributed by atoms with Crippen LogP contribution in [0, 0.1) is 0 Å². The van der Waals surface area contributed by atoms with E-state index in [0.717, 1.165) is 24.1 Å². The van der Waals surface area contributed by atoms with E-state index < -0.39 is 0 Å². The van der Waals surface area contributed by atoms with Crippen molar-refractivity contribution in [1.82, 2.24) is 0 Å². The third-order valence-corrected chi connectivity index (χ3v) is 2.61. The molecule has 1 aromatic carbocycles. The van der Waals surface area contributed by atoms with Crippen LogP contribution in [-0.4, -0.2) is 25.5 Å². The van der Waals surface area contributed by atoms with Gasteiger partial charge >= 0.3 is 5.97 Å². The Bertz CT molecular complexity index is 441. The number of esters is 1. The topological polar surface area (TPSA) is 50.7 Å². The first-order valence-corrected chi connectivity index (χ1v) is 5.86. The van der Waals surface area contributed by atoms with Gasteiger partial charge in [0.15, 0.2) is 0 Å². The fourth-order valence-electron chi connectivity index (χ4n) is 1.62. The summed E-state index contributed by atoms with van der Waals surface area (Å²) in [7, 11) is 0. The molecule has 1 N–H and O–H groups in total. The van der Waals surface area contributed by atoms with Crippen LogP contribution in [0.25, 0.3) is 0 Å².